The number of fused-ring (bicyclic) bond motifs is 5. The Morgan fingerprint density at radius 3 is 1.38 bits per heavy atom. The van der Waals surface area contributed by atoms with Crippen molar-refractivity contribution in [2.75, 3.05) is 4.90 Å². The average Bonchev–Trinajstić information content (AvgIpc) is 3.59. The molecule has 0 aromatic heterocycles. The lowest BCUT2D eigenvalue weighted by molar-refractivity contribution is -0.130. The molecule has 5 aromatic carbocycles. The van der Waals surface area contributed by atoms with Crippen LogP contribution >= 0.6 is 11.6 Å². The van der Waals surface area contributed by atoms with E-state index in [9.17, 15) is 0 Å². The summed E-state index contributed by atoms with van der Waals surface area (Å²) >= 11 is 6.45. The molecule has 218 valence electrons. The third-order valence-corrected chi connectivity index (χ3v) is 10.2. The molecule has 2 bridgehead atoms. The number of nitrogens with zero attached hydrogens (tertiary/aromatic N) is 1. The van der Waals surface area contributed by atoms with Gasteiger partial charge in [0.05, 0.1) is 28.4 Å². The molecule has 8 rings (SSSR count). The Bertz CT molecular complexity index is 1920. The van der Waals surface area contributed by atoms with Crippen molar-refractivity contribution in [3.8, 4) is 0 Å². The summed E-state index contributed by atoms with van der Waals surface area (Å²) < 4.78 is 0. The summed E-state index contributed by atoms with van der Waals surface area (Å²) in [6.07, 6.45) is 0. The Kier molecular flexibility index (Phi) is 6.10. The van der Waals surface area contributed by atoms with Crippen molar-refractivity contribution in [1.82, 2.24) is 0 Å². The van der Waals surface area contributed by atoms with E-state index < -0.39 is 22.7 Å². The van der Waals surface area contributed by atoms with Crippen molar-refractivity contribution in [2.24, 2.45) is 11.8 Å². The van der Waals surface area contributed by atoms with Crippen LogP contribution in [0.1, 0.15) is 27.8 Å². The SMILES string of the molecule is Cc1ccc(Cl)cc1N1C(=O)C2C(C1=O)C1(c3ccccc3)C(=O)C2(c2ccccc2)C(c2ccccc2)=C1c1ccccc1. The standard InChI is InChI=1S/C40H28ClNO3/c1-25-22-23-30(41)24-31(25)42-36(43)34-35(37(42)44)40(29-20-12-5-13-21-29)33(27-16-8-3-9-17-27)32(26-14-6-2-7-15-26)39(34,38(40)45)28-18-10-4-11-19-28/h2-24,34-35H,1H3. The molecule has 1 saturated carbocycles. The summed E-state index contributed by atoms with van der Waals surface area (Å²) in [5.41, 5.74) is 3.02. The highest BCUT2D eigenvalue weighted by Gasteiger charge is 2.82. The molecular weight excluding hydrogens is 578 g/mol. The van der Waals surface area contributed by atoms with Crippen LogP contribution in [0, 0.1) is 18.8 Å². The molecule has 5 aromatic rings. The van der Waals surface area contributed by atoms with Gasteiger partial charge in [-0.2, -0.15) is 0 Å². The largest absolute Gasteiger partial charge is 0.297 e. The Labute approximate surface area is 266 Å². The fraction of sp³-hybridized carbons (Fsp3) is 0.125. The van der Waals surface area contributed by atoms with Gasteiger partial charge in [-0.1, -0.05) is 139 Å². The normalized spacial score (nSPS) is 25.3. The molecule has 0 radical (unpaired) electrons. The zero-order valence-electron chi connectivity index (χ0n) is 24.5. The van der Waals surface area contributed by atoms with Crippen molar-refractivity contribution < 1.29 is 14.4 Å². The van der Waals surface area contributed by atoms with Crippen LogP contribution in [0.3, 0.4) is 0 Å². The number of hydrogen-bond acceptors (Lipinski definition) is 3. The first kappa shape index (κ1) is 27.5. The first-order chi connectivity index (χ1) is 21.9. The van der Waals surface area contributed by atoms with Gasteiger partial charge in [0.25, 0.3) is 0 Å². The molecule has 1 aliphatic heterocycles. The number of benzene rings is 5. The molecule has 5 heteroatoms. The Morgan fingerprint density at radius 2 is 0.956 bits per heavy atom. The van der Waals surface area contributed by atoms with Crippen molar-refractivity contribution in [1.29, 1.82) is 0 Å². The molecule has 1 heterocycles. The lowest BCUT2D eigenvalue weighted by Gasteiger charge is -2.39. The second-order valence-corrected chi connectivity index (χ2v) is 12.5. The number of carbonyl (C=O) groups is 3. The summed E-state index contributed by atoms with van der Waals surface area (Å²) in [6, 6.07) is 44.1. The lowest BCUT2D eigenvalue weighted by Crippen LogP contribution is -2.45. The van der Waals surface area contributed by atoms with Crippen molar-refractivity contribution >= 4 is 46.0 Å². The average molecular weight is 606 g/mol. The van der Waals surface area contributed by atoms with Gasteiger partial charge in [-0.05, 0) is 58.0 Å². The second-order valence-electron chi connectivity index (χ2n) is 12.1. The molecule has 2 amide bonds. The maximum absolute atomic E-state index is 15.9. The van der Waals surface area contributed by atoms with E-state index in [0.29, 0.717) is 21.8 Å². The smallest absolute Gasteiger partial charge is 0.239 e. The highest BCUT2D eigenvalue weighted by Crippen LogP contribution is 2.74. The fourth-order valence-electron chi connectivity index (χ4n) is 8.39. The molecule has 2 fully saturated rings. The highest BCUT2D eigenvalue weighted by molar-refractivity contribution is 6.39. The number of hydrogen-bond donors (Lipinski definition) is 0. The summed E-state index contributed by atoms with van der Waals surface area (Å²) in [4.78, 5) is 47.3. The van der Waals surface area contributed by atoms with Gasteiger partial charge in [-0.25, -0.2) is 4.90 Å². The van der Waals surface area contributed by atoms with E-state index in [2.05, 4.69) is 0 Å². The van der Waals surface area contributed by atoms with Crippen LogP contribution in [-0.4, -0.2) is 17.6 Å². The van der Waals surface area contributed by atoms with E-state index >= 15 is 14.4 Å². The van der Waals surface area contributed by atoms with Gasteiger partial charge in [0, 0.05) is 5.02 Å². The Hall–Kier alpha value is -5.06. The first-order valence-electron chi connectivity index (χ1n) is 15.1. The predicted octanol–water partition coefficient (Wildman–Crippen LogP) is 7.84. The number of amides is 2. The molecule has 1 saturated heterocycles. The topological polar surface area (TPSA) is 54.5 Å². The van der Waals surface area contributed by atoms with Crippen LogP contribution in [0.4, 0.5) is 5.69 Å². The lowest BCUT2D eigenvalue weighted by atomic mass is 9.59. The van der Waals surface area contributed by atoms with Gasteiger partial charge in [0.1, 0.15) is 0 Å². The molecule has 4 atom stereocenters. The molecule has 2 aliphatic carbocycles. The minimum absolute atomic E-state index is 0.135. The molecular formula is C40H28ClNO3. The van der Waals surface area contributed by atoms with E-state index in [1.165, 1.54) is 4.90 Å². The summed E-state index contributed by atoms with van der Waals surface area (Å²) in [5.74, 6) is -2.84. The number of carbonyl (C=O) groups excluding carboxylic acids is 3. The first-order valence-corrected chi connectivity index (χ1v) is 15.5. The van der Waals surface area contributed by atoms with Gasteiger partial charge >= 0.3 is 0 Å². The Morgan fingerprint density at radius 1 is 0.556 bits per heavy atom. The number of aryl methyl sites for hydroxylation is 1. The van der Waals surface area contributed by atoms with Crippen LogP contribution in [-0.2, 0) is 25.2 Å². The third kappa shape index (κ3) is 3.46. The van der Waals surface area contributed by atoms with Crippen LogP contribution in [0.15, 0.2) is 140 Å². The van der Waals surface area contributed by atoms with E-state index in [-0.39, 0.29) is 17.6 Å². The van der Waals surface area contributed by atoms with Crippen LogP contribution in [0.25, 0.3) is 11.1 Å². The summed E-state index contributed by atoms with van der Waals surface area (Å²) in [5, 5.41) is 0.427. The summed E-state index contributed by atoms with van der Waals surface area (Å²) in [6.45, 7) is 1.86. The number of anilines is 1. The fourth-order valence-corrected chi connectivity index (χ4v) is 8.56. The van der Waals surface area contributed by atoms with Gasteiger partial charge in [-0.3, -0.25) is 14.4 Å². The quantitative estimate of drug-likeness (QED) is 0.192. The molecule has 4 unspecified atom stereocenters. The maximum atomic E-state index is 15.9. The number of allylic oxidation sites excluding steroid dienone is 2. The van der Waals surface area contributed by atoms with Gasteiger partial charge in [0.15, 0.2) is 5.78 Å². The van der Waals surface area contributed by atoms with Crippen LogP contribution in [0.2, 0.25) is 5.02 Å². The number of imide groups is 1. The van der Waals surface area contributed by atoms with Crippen molar-refractivity contribution in [3.63, 3.8) is 0 Å². The number of ketones is 1. The van der Waals surface area contributed by atoms with Crippen LogP contribution in [0.5, 0.6) is 0 Å². The minimum Gasteiger partial charge on any atom is -0.297 e. The van der Waals surface area contributed by atoms with E-state index in [1.807, 2.05) is 134 Å². The van der Waals surface area contributed by atoms with E-state index in [0.717, 1.165) is 27.8 Å². The monoisotopic (exact) mass is 605 g/mol. The maximum Gasteiger partial charge on any atom is 0.239 e. The number of rotatable bonds is 5. The molecule has 4 nitrogen and oxygen atoms in total. The molecule has 0 spiro atoms. The minimum atomic E-state index is -1.43. The Balaban J connectivity index is 1.56. The third-order valence-electron chi connectivity index (χ3n) is 9.99. The number of halogens is 1. The van der Waals surface area contributed by atoms with Crippen molar-refractivity contribution in [3.05, 3.63) is 172 Å². The van der Waals surface area contributed by atoms with Gasteiger partial charge in [0.2, 0.25) is 11.8 Å². The van der Waals surface area contributed by atoms with E-state index in [1.54, 1.807) is 12.1 Å². The van der Waals surface area contributed by atoms with Crippen molar-refractivity contribution in [2.45, 2.75) is 17.8 Å². The highest BCUT2D eigenvalue weighted by atomic mass is 35.5. The number of Topliss-reactive ketones (excluding diaryl/α,β-unsaturated/α-hetero) is 1. The molecule has 3 aliphatic rings. The van der Waals surface area contributed by atoms with Crippen LogP contribution < -0.4 is 4.90 Å². The summed E-state index contributed by atoms with van der Waals surface area (Å²) in [7, 11) is 0. The van der Waals surface area contributed by atoms with Gasteiger partial charge in [-0.15, -0.1) is 0 Å². The molecule has 0 N–H and O–H groups in total. The molecule has 45 heavy (non-hydrogen) atoms. The predicted molar refractivity (Wildman–Crippen MR) is 177 cm³/mol. The van der Waals surface area contributed by atoms with E-state index in [4.69, 9.17) is 11.6 Å². The zero-order valence-corrected chi connectivity index (χ0v) is 25.2. The second kappa shape index (κ2) is 9.98. The zero-order chi connectivity index (χ0) is 30.9. The van der Waals surface area contributed by atoms with Gasteiger partial charge < -0.3 is 0 Å².